The number of hydrogen-bond donors (Lipinski definition) is 0. The monoisotopic (exact) mass is 574 g/mol. The molecule has 2 fully saturated rings. The van der Waals surface area contributed by atoms with Gasteiger partial charge in [0.25, 0.3) is 0 Å². The van der Waals surface area contributed by atoms with Gasteiger partial charge in [-0.1, -0.05) is 17.4 Å². The first-order valence-electron chi connectivity index (χ1n) is 13.5. The van der Waals surface area contributed by atoms with Crippen molar-refractivity contribution in [2.45, 2.75) is 38.0 Å². The van der Waals surface area contributed by atoms with Crippen LogP contribution in [-0.4, -0.2) is 81.0 Å². The van der Waals surface area contributed by atoms with E-state index in [1.807, 2.05) is 4.90 Å². The Kier molecular flexibility index (Phi) is 8.63. The highest BCUT2D eigenvalue weighted by Crippen LogP contribution is 2.34. The number of carbonyl (C=O) groups is 1. The number of aryl methyl sites for hydroxylation is 2. The van der Waals surface area contributed by atoms with Gasteiger partial charge in [0, 0.05) is 45.2 Å². The number of rotatable bonds is 8. The summed E-state index contributed by atoms with van der Waals surface area (Å²) in [7, 11) is -3.74. The summed E-state index contributed by atoms with van der Waals surface area (Å²) >= 11 is 1.53. The number of nitrogens with zero attached hydrogens (tertiary/aromatic N) is 4. The molecule has 0 spiro atoms. The molecule has 0 N–H and O–H groups in total. The smallest absolute Gasteiger partial charge is 0.243 e. The van der Waals surface area contributed by atoms with Gasteiger partial charge in [0.2, 0.25) is 15.9 Å². The van der Waals surface area contributed by atoms with E-state index < -0.39 is 15.8 Å². The molecule has 0 unspecified atom stereocenters. The van der Waals surface area contributed by atoms with E-state index in [0.29, 0.717) is 24.5 Å². The van der Waals surface area contributed by atoms with Crippen LogP contribution in [0.2, 0.25) is 0 Å². The maximum Gasteiger partial charge on any atom is 0.243 e. The molecule has 2 aromatic carbocycles. The third kappa shape index (κ3) is 6.17. The Balaban J connectivity index is 1.31. The van der Waals surface area contributed by atoms with Crippen LogP contribution in [-0.2, 0) is 19.6 Å². The zero-order valence-electron chi connectivity index (χ0n) is 22.4. The number of aromatic nitrogens is 1. The summed E-state index contributed by atoms with van der Waals surface area (Å²) in [5, 5.41) is 0.701. The molecule has 3 aromatic rings. The molecule has 210 valence electrons. The molecule has 0 aliphatic carbocycles. The van der Waals surface area contributed by atoms with Crippen LogP contribution in [0.25, 0.3) is 10.2 Å². The van der Waals surface area contributed by atoms with E-state index in [0.717, 1.165) is 67.2 Å². The third-order valence-corrected chi connectivity index (χ3v) is 10.7. The summed E-state index contributed by atoms with van der Waals surface area (Å²) < 4.78 is 47.4. The lowest BCUT2D eigenvalue weighted by atomic mass is 9.96. The van der Waals surface area contributed by atoms with Crippen LogP contribution in [0.4, 0.5) is 9.52 Å². The molecule has 0 saturated carbocycles. The highest BCUT2D eigenvalue weighted by Gasteiger charge is 2.35. The van der Waals surface area contributed by atoms with Crippen LogP contribution in [0, 0.1) is 25.6 Å². The molecular formula is C28H35FN4O4S2. The summed E-state index contributed by atoms with van der Waals surface area (Å²) in [5.41, 5.74) is 3.22. The fraction of sp³-hybridized carbons (Fsp3) is 0.500. The molecule has 2 saturated heterocycles. The van der Waals surface area contributed by atoms with Crippen molar-refractivity contribution in [3.05, 3.63) is 53.3 Å². The minimum Gasteiger partial charge on any atom is -0.379 e. The molecule has 2 aliphatic rings. The van der Waals surface area contributed by atoms with Crippen molar-refractivity contribution < 1.29 is 22.3 Å². The van der Waals surface area contributed by atoms with Gasteiger partial charge in [0.1, 0.15) is 5.82 Å². The average Bonchev–Trinajstić information content (AvgIpc) is 3.38. The molecule has 8 nitrogen and oxygen atoms in total. The second kappa shape index (κ2) is 12.0. The SMILES string of the molecule is Cc1ccc2sc(N(CCCN3CCOCC3)C(=O)C3CCN(S(=O)(=O)c4ccc(F)cc4)CC3)nc2c1C. The van der Waals surface area contributed by atoms with Gasteiger partial charge in [-0.25, -0.2) is 17.8 Å². The van der Waals surface area contributed by atoms with E-state index >= 15 is 0 Å². The summed E-state index contributed by atoms with van der Waals surface area (Å²) in [6.07, 6.45) is 1.68. The lowest BCUT2D eigenvalue weighted by molar-refractivity contribution is -0.123. The van der Waals surface area contributed by atoms with Crippen LogP contribution in [0.15, 0.2) is 41.3 Å². The fourth-order valence-corrected chi connectivity index (χ4v) is 7.75. The van der Waals surface area contributed by atoms with Gasteiger partial charge in [0.15, 0.2) is 5.13 Å². The molecule has 0 radical (unpaired) electrons. The van der Waals surface area contributed by atoms with Crippen LogP contribution in [0.5, 0.6) is 0 Å². The summed E-state index contributed by atoms with van der Waals surface area (Å²) in [5.74, 6) is -0.765. The van der Waals surface area contributed by atoms with E-state index in [1.54, 1.807) is 0 Å². The predicted molar refractivity (Wildman–Crippen MR) is 151 cm³/mol. The third-order valence-electron chi connectivity index (χ3n) is 7.78. The molecular weight excluding hydrogens is 539 g/mol. The number of piperidine rings is 1. The zero-order chi connectivity index (χ0) is 27.6. The lowest BCUT2D eigenvalue weighted by Gasteiger charge is -2.33. The Morgan fingerprint density at radius 1 is 1.08 bits per heavy atom. The van der Waals surface area contributed by atoms with Crippen LogP contribution in [0.1, 0.15) is 30.4 Å². The Bertz CT molecular complexity index is 1410. The Labute approximate surface area is 233 Å². The highest BCUT2D eigenvalue weighted by atomic mass is 32.2. The van der Waals surface area contributed by atoms with Gasteiger partial charge in [-0.15, -0.1) is 0 Å². The minimum atomic E-state index is -3.74. The number of fused-ring (bicyclic) bond motifs is 1. The number of carbonyl (C=O) groups excluding carboxylic acids is 1. The first kappa shape index (κ1) is 28.1. The van der Waals surface area contributed by atoms with Crippen molar-refractivity contribution in [3.63, 3.8) is 0 Å². The van der Waals surface area contributed by atoms with E-state index in [1.165, 1.54) is 33.3 Å². The number of benzene rings is 2. The van der Waals surface area contributed by atoms with Gasteiger partial charge in [-0.3, -0.25) is 14.6 Å². The van der Waals surface area contributed by atoms with Crippen LogP contribution < -0.4 is 4.90 Å². The van der Waals surface area contributed by atoms with Crippen molar-refractivity contribution in [3.8, 4) is 0 Å². The first-order chi connectivity index (χ1) is 18.7. The Morgan fingerprint density at radius 3 is 2.46 bits per heavy atom. The Hall–Kier alpha value is -2.44. The van der Waals surface area contributed by atoms with Crippen molar-refractivity contribution >= 4 is 42.6 Å². The first-order valence-corrected chi connectivity index (χ1v) is 15.7. The van der Waals surface area contributed by atoms with E-state index in [9.17, 15) is 17.6 Å². The molecule has 0 atom stereocenters. The fourth-order valence-electron chi connectivity index (χ4n) is 5.23. The number of anilines is 1. The maximum atomic E-state index is 13.9. The van der Waals surface area contributed by atoms with Crippen molar-refractivity contribution in [1.82, 2.24) is 14.2 Å². The van der Waals surface area contributed by atoms with Crippen molar-refractivity contribution in [1.29, 1.82) is 0 Å². The van der Waals surface area contributed by atoms with Crippen LogP contribution in [0.3, 0.4) is 0 Å². The molecule has 39 heavy (non-hydrogen) atoms. The average molecular weight is 575 g/mol. The molecule has 0 bridgehead atoms. The number of ether oxygens (including phenoxy) is 1. The van der Waals surface area contributed by atoms with E-state index in [-0.39, 0.29) is 29.8 Å². The number of hydrogen-bond acceptors (Lipinski definition) is 7. The number of halogens is 1. The molecule has 1 amide bonds. The molecule has 11 heteroatoms. The minimum absolute atomic E-state index is 0.00392. The van der Waals surface area contributed by atoms with Gasteiger partial charge in [0.05, 0.1) is 28.3 Å². The van der Waals surface area contributed by atoms with Gasteiger partial charge in [-0.05, 0) is 74.6 Å². The summed E-state index contributed by atoms with van der Waals surface area (Å²) in [4.78, 5) is 23.1. The molecule has 5 rings (SSSR count). The predicted octanol–water partition coefficient (Wildman–Crippen LogP) is 4.21. The zero-order valence-corrected chi connectivity index (χ0v) is 24.1. The van der Waals surface area contributed by atoms with Crippen molar-refractivity contribution in [2.75, 3.05) is 57.4 Å². The Morgan fingerprint density at radius 2 is 1.77 bits per heavy atom. The van der Waals surface area contributed by atoms with Gasteiger partial charge >= 0.3 is 0 Å². The quantitative estimate of drug-likeness (QED) is 0.401. The normalized spacial score (nSPS) is 18.0. The highest BCUT2D eigenvalue weighted by molar-refractivity contribution is 7.89. The number of sulfonamides is 1. The second-order valence-corrected chi connectivity index (χ2v) is 13.2. The molecule has 2 aliphatic heterocycles. The number of thiazole rings is 1. The van der Waals surface area contributed by atoms with E-state index in [4.69, 9.17) is 9.72 Å². The molecule has 3 heterocycles. The number of morpholine rings is 1. The number of amides is 1. The van der Waals surface area contributed by atoms with Gasteiger partial charge < -0.3 is 4.74 Å². The second-order valence-electron chi connectivity index (χ2n) is 10.3. The van der Waals surface area contributed by atoms with Crippen LogP contribution >= 0.6 is 11.3 Å². The topological polar surface area (TPSA) is 83.0 Å². The van der Waals surface area contributed by atoms with E-state index in [2.05, 4.69) is 30.9 Å². The van der Waals surface area contributed by atoms with Gasteiger partial charge in [-0.2, -0.15) is 4.31 Å². The molecule has 1 aromatic heterocycles. The summed E-state index contributed by atoms with van der Waals surface area (Å²) in [6, 6.07) is 9.03. The largest absolute Gasteiger partial charge is 0.379 e. The maximum absolute atomic E-state index is 13.9. The summed E-state index contributed by atoms with van der Waals surface area (Å²) in [6.45, 7) is 9.31. The van der Waals surface area contributed by atoms with Crippen molar-refractivity contribution in [2.24, 2.45) is 5.92 Å². The lowest BCUT2D eigenvalue weighted by Crippen LogP contribution is -2.45. The standard InChI is InChI=1S/C28H35FN4O4S2/c1-20-4-9-25-26(21(20)2)30-28(38-25)33(13-3-12-31-16-18-37-19-17-31)27(34)22-10-14-32(15-11-22)39(35,36)24-7-5-23(29)6-8-24/h4-9,22H,3,10-19H2,1-2H3.